The minimum atomic E-state index is -0.615. The van der Waals surface area contributed by atoms with Gasteiger partial charge in [0.25, 0.3) is 11.5 Å². The highest BCUT2D eigenvalue weighted by molar-refractivity contribution is 6.05. The van der Waals surface area contributed by atoms with Gasteiger partial charge < -0.3 is 4.74 Å². The molecule has 1 aromatic heterocycles. The standard InChI is InChI=1S/C23H26N4O4/c1-23(2,3)15-10-12-16(13-11-15)31-14-6-9-19(28)24-27-22(30)20-17-7-4-5-8-18(17)21(29)26-25-20/h4-5,7-8,10-13H,6,9,14H2,1-3H3,(H,24,28)(H,26,29)(H,27,30). The third kappa shape index (κ3) is 5.69. The number of carbonyl (C=O) groups is 2. The fraction of sp³-hybridized carbons (Fsp3) is 0.304. The third-order valence-electron chi connectivity index (χ3n) is 4.76. The number of hydrogen-bond donors (Lipinski definition) is 3. The zero-order valence-corrected chi connectivity index (χ0v) is 17.8. The maximum atomic E-state index is 12.4. The van der Waals surface area contributed by atoms with Gasteiger partial charge in [-0.15, -0.1) is 0 Å². The number of amides is 2. The van der Waals surface area contributed by atoms with Crippen molar-refractivity contribution < 1.29 is 14.3 Å². The van der Waals surface area contributed by atoms with Crippen LogP contribution in [0.1, 0.15) is 49.7 Å². The van der Waals surface area contributed by atoms with Crippen molar-refractivity contribution in [2.24, 2.45) is 0 Å². The summed E-state index contributed by atoms with van der Waals surface area (Å²) in [6.07, 6.45) is 0.669. The van der Waals surface area contributed by atoms with Crippen LogP contribution in [0.4, 0.5) is 0 Å². The lowest BCUT2D eigenvalue weighted by molar-refractivity contribution is -0.122. The van der Waals surface area contributed by atoms with Gasteiger partial charge in [-0.1, -0.05) is 51.1 Å². The normalized spacial score (nSPS) is 11.2. The van der Waals surface area contributed by atoms with Gasteiger partial charge >= 0.3 is 0 Å². The number of hydrazine groups is 1. The summed E-state index contributed by atoms with van der Waals surface area (Å²) >= 11 is 0. The van der Waals surface area contributed by atoms with Gasteiger partial charge in [0.2, 0.25) is 5.91 Å². The van der Waals surface area contributed by atoms with E-state index in [0.29, 0.717) is 23.8 Å². The second-order valence-electron chi connectivity index (χ2n) is 8.18. The highest BCUT2D eigenvalue weighted by Crippen LogP contribution is 2.24. The molecule has 0 aliphatic carbocycles. The third-order valence-corrected chi connectivity index (χ3v) is 4.76. The van der Waals surface area contributed by atoms with E-state index in [-0.39, 0.29) is 29.0 Å². The lowest BCUT2D eigenvalue weighted by atomic mass is 9.87. The molecule has 0 atom stereocenters. The van der Waals surface area contributed by atoms with Crippen molar-refractivity contribution >= 4 is 22.6 Å². The molecular weight excluding hydrogens is 396 g/mol. The minimum Gasteiger partial charge on any atom is -0.494 e. The lowest BCUT2D eigenvalue weighted by Crippen LogP contribution is -2.42. The van der Waals surface area contributed by atoms with Crippen molar-refractivity contribution in [3.8, 4) is 5.75 Å². The van der Waals surface area contributed by atoms with Gasteiger partial charge in [0.1, 0.15) is 5.75 Å². The lowest BCUT2D eigenvalue weighted by Gasteiger charge is -2.19. The van der Waals surface area contributed by atoms with Gasteiger partial charge in [-0.3, -0.25) is 25.2 Å². The van der Waals surface area contributed by atoms with Crippen LogP contribution < -0.4 is 21.1 Å². The molecule has 0 saturated heterocycles. The first-order chi connectivity index (χ1) is 14.8. The SMILES string of the molecule is CC(C)(C)c1ccc(OCCCC(=O)NNC(=O)c2n[nH]c(=O)c3ccccc23)cc1. The predicted molar refractivity (Wildman–Crippen MR) is 118 cm³/mol. The number of aromatic amines is 1. The summed E-state index contributed by atoms with van der Waals surface area (Å²) in [6.45, 7) is 6.82. The molecule has 0 aliphatic rings. The monoisotopic (exact) mass is 422 g/mol. The van der Waals surface area contributed by atoms with E-state index in [4.69, 9.17) is 4.74 Å². The maximum Gasteiger partial charge on any atom is 0.290 e. The quantitative estimate of drug-likeness (QED) is 0.418. The van der Waals surface area contributed by atoms with Crippen molar-refractivity contribution in [3.63, 3.8) is 0 Å². The molecule has 31 heavy (non-hydrogen) atoms. The van der Waals surface area contributed by atoms with E-state index >= 15 is 0 Å². The molecule has 162 valence electrons. The van der Waals surface area contributed by atoms with E-state index in [1.54, 1.807) is 24.3 Å². The number of nitrogens with one attached hydrogen (secondary N) is 3. The van der Waals surface area contributed by atoms with Crippen LogP contribution in [0.2, 0.25) is 0 Å². The number of aromatic nitrogens is 2. The molecule has 0 spiro atoms. The Morgan fingerprint density at radius 1 is 1.00 bits per heavy atom. The highest BCUT2D eigenvalue weighted by Gasteiger charge is 2.15. The number of ether oxygens (including phenoxy) is 1. The molecule has 1 heterocycles. The summed E-state index contributed by atoms with van der Waals surface area (Å²) in [5, 5.41) is 6.83. The molecule has 0 unspecified atom stereocenters. The van der Waals surface area contributed by atoms with Crippen molar-refractivity contribution in [1.82, 2.24) is 21.0 Å². The fourth-order valence-electron chi connectivity index (χ4n) is 3.01. The summed E-state index contributed by atoms with van der Waals surface area (Å²) in [4.78, 5) is 36.2. The number of hydrogen-bond acceptors (Lipinski definition) is 5. The highest BCUT2D eigenvalue weighted by atomic mass is 16.5. The van der Waals surface area contributed by atoms with Crippen LogP contribution in [-0.4, -0.2) is 28.6 Å². The molecule has 3 aromatic rings. The van der Waals surface area contributed by atoms with E-state index in [0.717, 1.165) is 5.75 Å². The molecule has 3 N–H and O–H groups in total. The Morgan fingerprint density at radius 3 is 2.35 bits per heavy atom. The summed E-state index contributed by atoms with van der Waals surface area (Å²) < 4.78 is 5.67. The van der Waals surface area contributed by atoms with E-state index in [2.05, 4.69) is 41.8 Å². The van der Waals surface area contributed by atoms with Crippen molar-refractivity contribution in [2.75, 3.05) is 6.61 Å². The molecule has 0 fully saturated rings. The van der Waals surface area contributed by atoms with Crippen LogP contribution >= 0.6 is 0 Å². The largest absolute Gasteiger partial charge is 0.494 e. The number of benzene rings is 2. The topological polar surface area (TPSA) is 113 Å². The van der Waals surface area contributed by atoms with Gasteiger partial charge in [0.15, 0.2) is 5.69 Å². The first-order valence-corrected chi connectivity index (χ1v) is 10.1. The Labute approximate surface area is 180 Å². The number of rotatable bonds is 6. The maximum absolute atomic E-state index is 12.4. The van der Waals surface area contributed by atoms with E-state index in [9.17, 15) is 14.4 Å². The van der Waals surface area contributed by atoms with Gasteiger partial charge in [-0.05, 0) is 35.6 Å². The Balaban J connectivity index is 1.44. The molecule has 2 amide bonds. The van der Waals surface area contributed by atoms with Crippen LogP contribution in [-0.2, 0) is 10.2 Å². The first-order valence-electron chi connectivity index (χ1n) is 10.1. The van der Waals surface area contributed by atoms with Crippen molar-refractivity contribution in [2.45, 2.75) is 39.0 Å². The van der Waals surface area contributed by atoms with E-state index in [1.807, 2.05) is 24.3 Å². The van der Waals surface area contributed by atoms with Crippen LogP contribution in [0.15, 0.2) is 53.3 Å². The number of nitrogens with zero attached hydrogens (tertiary/aromatic N) is 1. The minimum absolute atomic E-state index is 0.0255. The molecule has 0 bridgehead atoms. The predicted octanol–water partition coefficient (Wildman–Crippen LogP) is 2.84. The zero-order valence-electron chi connectivity index (χ0n) is 17.8. The first kappa shape index (κ1) is 22.0. The van der Waals surface area contributed by atoms with E-state index in [1.165, 1.54) is 5.56 Å². The van der Waals surface area contributed by atoms with Crippen LogP contribution in [0.3, 0.4) is 0 Å². The molecule has 0 aliphatic heterocycles. The Morgan fingerprint density at radius 2 is 1.68 bits per heavy atom. The average Bonchev–Trinajstić information content (AvgIpc) is 2.75. The van der Waals surface area contributed by atoms with Crippen molar-refractivity contribution in [1.29, 1.82) is 0 Å². The summed E-state index contributed by atoms with van der Waals surface area (Å²) in [5.74, 6) is -0.220. The average molecular weight is 422 g/mol. The molecule has 8 heteroatoms. The Kier molecular flexibility index (Phi) is 6.69. The Bertz CT molecular complexity index is 1130. The van der Waals surface area contributed by atoms with Gasteiger partial charge in [-0.2, -0.15) is 5.10 Å². The zero-order chi connectivity index (χ0) is 22.4. The molecule has 0 radical (unpaired) electrons. The van der Waals surface area contributed by atoms with Crippen LogP contribution in [0.5, 0.6) is 5.75 Å². The molecule has 8 nitrogen and oxygen atoms in total. The number of fused-ring (bicyclic) bond motifs is 1. The molecule has 3 rings (SSSR count). The fourth-order valence-corrected chi connectivity index (χ4v) is 3.01. The number of H-pyrrole nitrogens is 1. The summed E-state index contributed by atoms with van der Waals surface area (Å²) in [6, 6.07) is 14.5. The van der Waals surface area contributed by atoms with Crippen LogP contribution in [0.25, 0.3) is 10.8 Å². The second kappa shape index (κ2) is 9.42. The number of carbonyl (C=O) groups excluding carboxylic acids is 2. The smallest absolute Gasteiger partial charge is 0.290 e. The Hall–Kier alpha value is -3.68. The van der Waals surface area contributed by atoms with Crippen LogP contribution in [0, 0.1) is 0 Å². The molecule has 0 saturated carbocycles. The summed E-state index contributed by atoms with van der Waals surface area (Å²) in [5.41, 5.74) is 5.63. The molecule has 2 aromatic carbocycles. The van der Waals surface area contributed by atoms with Gasteiger partial charge in [-0.25, -0.2) is 5.10 Å². The molecular formula is C23H26N4O4. The van der Waals surface area contributed by atoms with E-state index < -0.39 is 5.91 Å². The summed E-state index contributed by atoms with van der Waals surface area (Å²) in [7, 11) is 0. The second-order valence-corrected chi connectivity index (χ2v) is 8.18. The van der Waals surface area contributed by atoms with Crippen molar-refractivity contribution in [3.05, 3.63) is 70.1 Å². The van der Waals surface area contributed by atoms with Gasteiger partial charge in [0, 0.05) is 11.8 Å². The van der Waals surface area contributed by atoms with Gasteiger partial charge in [0.05, 0.1) is 12.0 Å².